The first kappa shape index (κ1) is 10.2. The number of hydrogen-bond acceptors (Lipinski definition) is 2. The highest BCUT2D eigenvalue weighted by molar-refractivity contribution is 7.08. The smallest absolute Gasteiger partial charge is 0.256 e. The van der Waals surface area contributed by atoms with E-state index in [0.717, 1.165) is 0 Å². The molecule has 0 radical (unpaired) electrons. The van der Waals surface area contributed by atoms with Gasteiger partial charge in [0.05, 0.1) is 16.3 Å². The van der Waals surface area contributed by atoms with Gasteiger partial charge in [0.1, 0.15) is 0 Å². The highest BCUT2D eigenvalue weighted by Crippen LogP contribution is 2.21. The van der Waals surface area contributed by atoms with E-state index in [4.69, 9.17) is 11.6 Å². The molecule has 1 aromatic heterocycles. The number of thiophene rings is 1. The summed E-state index contributed by atoms with van der Waals surface area (Å²) >= 11 is 7.41. The van der Waals surface area contributed by atoms with E-state index in [1.165, 1.54) is 11.3 Å². The lowest BCUT2D eigenvalue weighted by atomic mass is 10.3. The van der Waals surface area contributed by atoms with Crippen molar-refractivity contribution in [2.75, 3.05) is 5.32 Å². The fourth-order valence-corrected chi connectivity index (χ4v) is 1.97. The quantitative estimate of drug-likeness (QED) is 0.849. The number of anilines is 1. The van der Waals surface area contributed by atoms with Crippen LogP contribution in [0.25, 0.3) is 0 Å². The Kier molecular flexibility index (Phi) is 3.04. The van der Waals surface area contributed by atoms with Crippen LogP contribution >= 0.6 is 22.9 Å². The number of halogens is 1. The monoisotopic (exact) mass is 237 g/mol. The Morgan fingerprint density at radius 2 is 2.07 bits per heavy atom. The Morgan fingerprint density at radius 3 is 2.73 bits per heavy atom. The molecular weight excluding hydrogens is 230 g/mol. The van der Waals surface area contributed by atoms with Gasteiger partial charge in [-0.15, -0.1) is 0 Å². The second kappa shape index (κ2) is 4.47. The minimum absolute atomic E-state index is 0.135. The van der Waals surface area contributed by atoms with Crippen molar-refractivity contribution in [1.29, 1.82) is 0 Å². The lowest BCUT2D eigenvalue weighted by Gasteiger charge is -2.04. The summed E-state index contributed by atoms with van der Waals surface area (Å²) in [5.41, 5.74) is 1.29. The van der Waals surface area contributed by atoms with Gasteiger partial charge in [-0.1, -0.05) is 23.7 Å². The van der Waals surface area contributed by atoms with Crippen LogP contribution in [-0.4, -0.2) is 5.91 Å². The van der Waals surface area contributed by atoms with E-state index < -0.39 is 0 Å². The zero-order chi connectivity index (χ0) is 10.7. The largest absolute Gasteiger partial charge is 0.321 e. The summed E-state index contributed by atoms with van der Waals surface area (Å²) in [5.74, 6) is -0.135. The van der Waals surface area contributed by atoms with Gasteiger partial charge < -0.3 is 5.32 Å². The Hall–Kier alpha value is -1.32. The molecule has 0 aliphatic rings. The van der Waals surface area contributed by atoms with E-state index >= 15 is 0 Å². The number of rotatable bonds is 2. The second-order valence-corrected chi connectivity index (χ2v) is 4.13. The van der Waals surface area contributed by atoms with Crippen LogP contribution in [0.4, 0.5) is 5.69 Å². The van der Waals surface area contributed by atoms with Crippen molar-refractivity contribution in [3.8, 4) is 0 Å². The Bertz CT molecular complexity index is 467. The fourth-order valence-electron chi connectivity index (χ4n) is 1.15. The Labute approximate surface area is 96.5 Å². The maximum absolute atomic E-state index is 11.7. The van der Waals surface area contributed by atoms with E-state index in [9.17, 15) is 4.79 Å². The molecule has 0 fully saturated rings. The molecule has 1 aromatic carbocycles. The van der Waals surface area contributed by atoms with E-state index in [2.05, 4.69) is 5.32 Å². The molecule has 0 aliphatic carbocycles. The van der Waals surface area contributed by atoms with E-state index in [1.807, 2.05) is 17.5 Å². The first-order valence-corrected chi connectivity index (χ1v) is 5.67. The third-order valence-corrected chi connectivity index (χ3v) is 2.92. The van der Waals surface area contributed by atoms with Crippen molar-refractivity contribution in [3.63, 3.8) is 0 Å². The molecule has 1 heterocycles. The highest BCUT2D eigenvalue weighted by atomic mass is 35.5. The molecular formula is C11H8ClNOS. The van der Waals surface area contributed by atoms with Gasteiger partial charge in [0.25, 0.3) is 5.91 Å². The van der Waals surface area contributed by atoms with Crippen LogP contribution in [0.5, 0.6) is 0 Å². The molecule has 0 aliphatic heterocycles. The van der Waals surface area contributed by atoms with Crippen LogP contribution in [0.2, 0.25) is 5.02 Å². The third kappa shape index (κ3) is 2.37. The standard InChI is InChI=1S/C11H8ClNOS/c12-9-3-1-2-4-10(9)13-11(14)8-5-6-15-7-8/h1-7H,(H,13,14). The number of carbonyl (C=O) groups excluding carboxylic acids is 1. The predicted molar refractivity (Wildman–Crippen MR) is 63.7 cm³/mol. The highest BCUT2D eigenvalue weighted by Gasteiger charge is 2.07. The van der Waals surface area contributed by atoms with Crippen molar-refractivity contribution in [1.82, 2.24) is 0 Å². The molecule has 1 amide bonds. The van der Waals surface area contributed by atoms with Crippen molar-refractivity contribution in [2.45, 2.75) is 0 Å². The van der Waals surface area contributed by atoms with Crippen LogP contribution in [0.15, 0.2) is 41.1 Å². The summed E-state index contributed by atoms with van der Waals surface area (Å²) in [6.07, 6.45) is 0. The first-order valence-electron chi connectivity index (χ1n) is 4.35. The van der Waals surface area contributed by atoms with Gasteiger partial charge in [0.15, 0.2) is 0 Å². The average molecular weight is 238 g/mol. The SMILES string of the molecule is O=C(Nc1ccccc1Cl)c1ccsc1. The second-order valence-electron chi connectivity index (χ2n) is 2.95. The molecule has 2 rings (SSSR count). The molecule has 0 atom stereocenters. The Balaban J connectivity index is 2.17. The van der Waals surface area contributed by atoms with Gasteiger partial charge in [0, 0.05) is 5.38 Å². The summed E-state index contributed by atoms with van der Waals surface area (Å²) in [4.78, 5) is 11.7. The van der Waals surface area contributed by atoms with E-state index in [0.29, 0.717) is 16.3 Å². The summed E-state index contributed by atoms with van der Waals surface area (Å²) in [5, 5.41) is 6.95. The average Bonchev–Trinajstić information content (AvgIpc) is 2.74. The molecule has 2 aromatic rings. The van der Waals surface area contributed by atoms with E-state index in [-0.39, 0.29) is 5.91 Å². The number of benzene rings is 1. The van der Waals surface area contributed by atoms with Crippen molar-refractivity contribution >= 4 is 34.5 Å². The normalized spacial score (nSPS) is 9.93. The summed E-state index contributed by atoms with van der Waals surface area (Å²) in [7, 11) is 0. The van der Waals surface area contributed by atoms with Crippen LogP contribution in [0, 0.1) is 0 Å². The van der Waals surface area contributed by atoms with Crippen molar-refractivity contribution < 1.29 is 4.79 Å². The van der Waals surface area contributed by atoms with Gasteiger partial charge in [0.2, 0.25) is 0 Å². The molecule has 0 saturated carbocycles. The summed E-state index contributed by atoms with van der Waals surface area (Å²) in [6.45, 7) is 0. The summed E-state index contributed by atoms with van der Waals surface area (Å²) in [6, 6.07) is 8.94. The molecule has 76 valence electrons. The minimum Gasteiger partial charge on any atom is -0.321 e. The predicted octanol–water partition coefficient (Wildman–Crippen LogP) is 3.65. The van der Waals surface area contributed by atoms with Crippen molar-refractivity contribution in [2.24, 2.45) is 0 Å². The van der Waals surface area contributed by atoms with Crippen molar-refractivity contribution in [3.05, 3.63) is 51.7 Å². The lowest BCUT2D eigenvalue weighted by Crippen LogP contribution is -2.10. The van der Waals surface area contributed by atoms with Gasteiger partial charge in [-0.3, -0.25) is 4.79 Å². The van der Waals surface area contributed by atoms with Gasteiger partial charge >= 0.3 is 0 Å². The molecule has 0 spiro atoms. The third-order valence-electron chi connectivity index (χ3n) is 1.91. The van der Waals surface area contributed by atoms with E-state index in [1.54, 1.807) is 23.6 Å². The molecule has 0 saturated heterocycles. The topological polar surface area (TPSA) is 29.1 Å². The number of amides is 1. The zero-order valence-electron chi connectivity index (χ0n) is 7.74. The number of para-hydroxylation sites is 1. The molecule has 15 heavy (non-hydrogen) atoms. The number of hydrogen-bond donors (Lipinski definition) is 1. The van der Waals surface area contributed by atoms with Crippen LogP contribution in [0.1, 0.15) is 10.4 Å². The maximum atomic E-state index is 11.7. The van der Waals surface area contributed by atoms with Crippen LogP contribution in [0.3, 0.4) is 0 Å². The molecule has 0 unspecified atom stereocenters. The number of carbonyl (C=O) groups is 1. The maximum Gasteiger partial charge on any atom is 0.256 e. The molecule has 0 bridgehead atoms. The van der Waals surface area contributed by atoms with Gasteiger partial charge in [-0.25, -0.2) is 0 Å². The van der Waals surface area contributed by atoms with Crippen LogP contribution in [-0.2, 0) is 0 Å². The minimum atomic E-state index is -0.135. The zero-order valence-corrected chi connectivity index (χ0v) is 9.31. The summed E-state index contributed by atoms with van der Waals surface area (Å²) < 4.78 is 0. The molecule has 1 N–H and O–H groups in total. The van der Waals surface area contributed by atoms with Gasteiger partial charge in [-0.05, 0) is 23.6 Å². The van der Waals surface area contributed by atoms with Gasteiger partial charge in [-0.2, -0.15) is 11.3 Å². The lowest BCUT2D eigenvalue weighted by molar-refractivity contribution is 0.102. The Morgan fingerprint density at radius 1 is 1.27 bits per heavy atom. The molecule has 4 heteroatoms. The fraction of sp³-hybridized carbons (Fsp3) is 0. The first-order chi connectivity index (χ1) is 7.27. The van der Waals surface area contributed by atoms with Crippen LogP contribution < -0.4 is 5.32 Å². The number of nitrogens with one attached hydrogen (secondary N) is 1. The molecule has 2 nitrogen and oxygen atoms in total.